The van der Waals surface area contributed by atoms with E-state index in [9.17, 15) is 9.59 Å². The summed E-state index contributed by atoms with van der Waals surface area (Å²) in [6, 6.07) is 15.3. The minimum absolute atomic E-state index is 0.175. The Morgan fingerprint density at radius 3 is 2.37 bits per heavy atom. The number of rotatable bonds is 5. The van der Waals surface area contributed by atoms with Gasteiger partial charge in [0.1, 0.15) is 6.10 Å². The standard InChI is InChI=1S/C22H25NO4/c1-14(2)26-20(24)22(23-18-11-15(3)10-16(4)12-18)13-19(27-21(22)25)17-8-6-5-7-9-17/h5-12,14,19,23H,13H2,1-4H3/t19-,22+/m1/s1. The summed E-state index contributed by atoms with van der Waals surface area (Å²) >= 11 is 0. The first kappa shape index (κ1) is 19.0. The van der Waals surface area contributed by atoms with E-state index in [0.717, 1.165) is 16.7 Å². The van der Waals surface area contributed by atoms with Gasteiger partial charge in [-0.3, -0.25) is 0 Å². The molecule has 2 atom stereocenters. The minimum Gasteiger partial charge on any atom is -0.461 e. The third-order valence-corrected chi connectivity index (χ3v) is 4.53. The van der Waals surface area contributed by atoms with E-state index < -0.39 is 23.6 Å². The van der Waals surface area contributed by atoms with E-state index in [1.54, 1.807) is 13.8 Å². The number of carbonyl (C=O) groups is 2. The number of esters is 2. The minimum atomic E-state index is -1.56. The molecular formula is C22H25NO4. The van der Waals surface area contributed by atoms with Crippen molar-refractivity contribution in [3.05, 3.63) is 65.2 Å². The summed E-state index contributed by atoms with van der Waals surface area (Å²) in [5, 5.41) is 3.14. The Balaban J connectivity index is 1.98. The Morgan fingerprint density at radius 1 is 1.15 bits per heavy atom. The van der Waals surface area contributed by atoms with Gasteiger partial charge in [-0.15, -0.1) is 0 Å². The fourth-order valence-corrected chi connectivity index (χ4v) is 3.41. The van der Waals surface area contributed by atoms with Crippen LogP contribution in [0.15, 0.2) is 48.5 Å². The Labute approximate surface area is 159 Å². The van der Waals surface area contributed by atoms with E-state index in [0.29, 0.717) is 5.69 Å². The number of anilines is 1. The van der Waals surface area contributed by atoms with E-state index in [2.05, 4.69) is 5.32 Å². The molecule has 2 aromatic rings. The van der Waals surface area contributed by atoms with Crippen molar-refractivity contribution < 1.29 is 19.1 Å². The molecule has 0 spiro atoms. The highest BCUT2D eigenvalue weighted by Crippen LogP contribution is 2.39. The first-order valence-corrected chi connectivity index (χ1v) is 9.14. The van der Waals surface area contributed by atoms with E-state index in [-0.39, 0.29) is 12.5 Å². The van der Waals surface area contributed by atoms with Gasteiger partial charge in [-0.25, -0.2) is 9.59 Å². The predicted molar refractivity (Wildman–Crippen MR) is 103 cm³/mol. The average molecular weight is 367 g/mol. The SMILES string of the molecule is Cc1cc(C)cc(N[C@]2(C(=O)OC(C)C)C[C@H](c3ccccc3)OC2=O)c1. The molecule has 0 saturated carbocycles. The van der Waals surface area contributed by atoms with E-state index in [1.165, 1.54) is 0 Å². The zero-order chi connectivity index (χ0) is 19.6. The van der Waals surface area contributed by atoms with Crippen LogP contribution in [0.1, 0.15) is 43.1 Å². The van der Waals surface area contributed by atoms with Crippen molar-refractivity contribution in [2.45, 2.75) is 51.9 Å². The zero-order valence-corrected chi connectivity index (χ0v) is 16.1. The van der Waals surface area contributed by atoms with Crippen molar-refractivity contribution in [3.8, 4) is 0 Å². The van der Waals surface area contributed by atoms with Crippen LogP contribution in [-0.4, -0.2) is 23.6 Å². The number of benzene rings is 2. The van der Waals surface area contributed by atoms with Crippen molar-refractivity contribution >= 4 is 17.6 Å². The molecule has 5 nitrogen and oxygen atoms in total. The van der Waals surface area contributed by atoms with Gasteiger partial charge in [0.2, 0.25) is 5.54 Å². The van der Waals surface area contributed by atoms with E-state index >= 15 is 0 Å². The second-order valence-corrected chi connectivity index (χ2v) is 7.37. The van der Waals surface area contributed by atoms with Crippen molar-refractivity contribution in [2.24, 2.45) is 0 Å². The first-order chi connectivity index (χ1) is 12.8. The van der Waals surface area contributed by atoms with Crippen molar-refractivity contribution in [1.82, 2.24) is 0 Å². The van der Waals surface area contributed by atoms with Crippen LogP contribution in [-0.2, 0) is 19.1 Å². The van der Waals surface area contributed by atoms with Crippen LogP contribution >= 0.6 is 0 Å². The molecule has 0 radical (unpaired) electrons. The van der Waals surface area contributed by atoms with Gasteiger partial charge in [0.05, 0.1) is 6.10 Å². The summed E-state index contributed by atoms with van der Waals surface area (Å²) in [5.41, 5.74) is 2.06. The van der Waals surface area contributed by atoms with Gasteiger partial charge >= 0.3 is 11.9 Å². The molecule has 5 heteroatoms. The molecule has 142 valence electrons. The quantitative estimate of drug-likeness (QED) is 0.637. The molecule has 2 aromatic carbocycles. The molecule has 0 bridgehead atoms. The average Bonchev–Trinajstić information content (AvgIpc) is 2.92. The maximum atomic E-state index is 13.0. The van der Waals surface area contributed by atoms with E-state index in [1.807, 2.05) is 62.4 Å². The molecule has 1 saturated heterocycles. The second kappa shape index (κ2) is 7.43. The third-order valence-electron chi connectivity index (χ3n) is 4.53. The number of carbonyl (C=O) groups excluding carboxylic acids is 2. The number of nitrogens with one attached hydrogen (secondary N) is 1. The molecule has 1 heterocycles. The molecule has 1 aliphatic rings. The molecule has 1 aliphatic heterocycles. The van der Waals surface area contributed by atoms with Crippen LogP contribution in [0.3, 0.4) is 0 Å². The Bertz CT molecular complexity index is 826. The highest BCUT2D eigenvalue weighted by Gasteiger charge is 2.57. The Kier molecular flexibility index (Phi) is 5.22. The monoisotopic (exact) mass is 367 g/mol. The van der Waals surface area contributed by atoms with Crippen LogP contribution in [0.25, 0.3) is 0 Å². The van der Waals surface area contributed by atoms with Gasteiger partial charge in [-0.1, -0.05) is 36.4 Å². The molecule has 1 fully saturated rings. The molecule has 1 N–H and O–H groups in total. The number of cyclic esters (lactones) is 1. The Morgan fingerprint density at radius 2 is 1.78 bits per heavy atom. The number of ether oxygens (including phenoxy) is 2. The highest BCUT2D eigenvalue weighted by atomic mass is 16.6. The van der Waals surface area contributed by atoms with Crippen molar-refractivity contribution in [2.75, 3.05) is 5.32 Å². The summed E-state index contributed by atoms with van der Waals surface area (Å²) in [4.78, 5) is 25.8. The first-order valence-electron chi connectivity index (χ1n) is 9.14. The summed E-state index contributed by atoms with van der Waals surface area (Å²) in [5.74, 6) is -1.22. The van der Waals surface area contributed by atoms with Crippen LogP contribution in [0.2, 0.25) is 0 Å². The fraction of sp³-hybridized carbons (Fsp3) is 0.364. The second-order valence-electron chi connectivity index (χ2n) is 7.37. The highest BCUT2D eigenvalue weighted by molar-refractivity contribution is 6.09. The summed E-state index contributed by atoms with van der Waals surface area (Å²) in [6.45, 7) is 7.46. The lowest BCUT2D eigenvalue weighted by atomic mass is 9.91. The molecule has 0 aliphatic carbocycles. The third kappa shape index (κ3) is 3.97. The van der Waals surface area contributed by atoms with Gasteiger partial charge in [0, 0.05) is 12.1 Å². The van der Waals surface area contributed by atoms with Crippen LogP contribution in [0.4, 0.5) is 5.69 Å². The summed E-state index contributed by atoms with van der Waals surface area (Å²) < 4.78 is 11.0. The molecule has 0 unspecified atom stereocenters. The molecule has 0 amide bonds. The maximum Gasteiger partial charge on any atom is 0.344 e. The van der Waals surface area contributed by atoms with Gasteiger partial charge in [0.25, 0.3) is 0 Å². The molecule has 27 heavy (non-hydrogen) atoms. The number of aryl methyl sites for hydroxylation is 2. The summed E-state index contributed by atoms with van der Waals surface area (Å²) in [7, 11) is 0. The van der Waals surface area contributed by atoms with Gasteiger partial charge in [-0.2, -0.15) is 0 Å². The van der Waals surface area contributed by atoms with Gasteiger partial charge in [0.15, 0.2) is 0 Å². The van der Waals surface area contributed by atoms with Gasteiger partial charge in [-0.05, 0) is 56.5 Å². The normalized spacial score (nSPS) is 21.8. The topological polar surface area (TPSA) is 64.6 Å². The van der Waals surface area contributed by atoms with Crippen molar-refractivity contribution in [1.29, 1.82) is 0 Å². The van der Waals surface area contributed by atoms with Gasteiger partial charge < -0.3 is 14.8 Å². The molecule has 3 rings (SSSR count). The number of hydrogen-bond acceptors (Lipinski definition) is 5. The maximum absolute atomic E-state index is 13.0. The zero-order valence-electron chi connectivity index (χ0n) is 16.1. The van der Waals surface area contributed by atoms with Crippen molar-refractivity contribution in [3.63, 3.8) is 0 Å². The summed E-state index contributed by atoms with van der Waals surface area (Å²) in [6.07, 6.45) is -0.662. The van der Waals surface area contributed by atoms with Crippen LogP contribution < -0.4 is 5.32 Å². The Hall–Kier alpha value is -2.82. The molecule has 0 aromatic heterocycles. The molecular weight excluding hydrogens is 342 g/mol. The largest absolute Gasteiger partial charge is 0.461 e. The lowest BCUT2D eigenvalue weighted by Crippen LogP contribution is -2.52. The lowest BCUT2D eigenvalue weighted by molar-refractivity contribution is -0.159. The van der Waals surface area contributed by atoms with E-state index in [4.69, 9.17) is 9.47 Å². The fourth-order valence-electron chi connectivity index (χ4n) is 3.41. The number of hydrogen-bond donors (Lipinski definition) is 1. The predicted octanol–water partition coefficient (Wildman–Crippen LogP) is 4.09. The van der Waals surface area contributed by atoms with Crippen LogP contribution in [0.5, 0.6) is 0 Å². The smallest absolute Gasteiger partial charge is 0.344 e. The van der Waals surface area contributed by atoms with Crippen LogP contribution in [0, 0.1) is 13.8 Å². The lowest BCUT2D eigenvalue weighted by Gasteiger charge is -2.26.